The second-order valence-electron chi connectivity index (χ2n) is 7.83. The van der Waals surface area contributed by atoms with Crippen LogP contribution < -0.4 is 5.32 Å². The van der Waals surface area contributed by atoms with E-state index in [4.69, 9.17) is 0 Å². The van der Waals surface area contributed by atoms with Crippen LogP contribution in [0.2, 0.25) is 0 Å². The normalized spacial score (nSPS) is 17.1. The minimum atomic E-state index is -0.132. The van der Waals surface area contributed by atoms with E-state index < -0.39 is 0 Å². The molecule has 6 heteroatoms. The van der Waals surface area contributed by atoms with Gasteiger partial charge in [0.2, 0.25) is 5.91 Å². The molecule has 1 N–H and O–H groups in total. The molecule has 0 aliphatic carbocycles. The first kappa shape index (κ1) is 21.0. The maximum absolute atomic E-state index is 12.9. The molecule has 1 amide bonds. The number of amides is 1. The molecular weight excluding hydrogens is 364 g/mol. The van der Waals surface area contributed by atoms with Crippen molar-refractivity contribution in [3.05, 3.63) is 59.6 Å². The Morgan fingerprint density at radius 3 is 2.83 bits per heavy atom. The molecule has 6 nitrogen and oxygen atoms in total. The van der Waals surface area contributed by atoms with E-state index in [1.165, 1.54) is 0 Å². The number of carbonyl (C=O) groups excluding carboxylic acids is 2. The standard InChI is InChI=1S/C23H30N4O2/c1-5-11-27-17(3)13-20(18(27)4)21(28)15-26-12-7-9-19(14-26)23(29)25-22-10-6-8-16(2)24-22/h5-6,8,10,13,19H,1,7,9,11-12,14-15H2,2-4H3,(H,24,25,29). The van der Waals surface area contributed by atoms with Gasteiger partial charge in [0.15, 0.2) is 5.78 Å². The minimum absolute atomic E-state index is 0.0237. The highest BCUT2D eigenvalue weighted by Gasteiger charge is 2.28. The summed E-state index contributed by atoms with van der Waals surface area (Å²) in [6.45, 7) is 12.1. The maximum atomic E-state index is 12.9. The average molecular weight is 395 g/mol. The number of pyridine rings is 1. The van der Waals surface area contributed by atoms with Crippen LogP contribution >= 0.6 is 0 Å². The minimum Gasteiger partial charge on any atom is -0.345 e. The molecule has 0 bridgehead atoms. The third-order valence-corrected chi connectivity index (χ3v) is 5.57. The summed E-state index contributed by atoms with van der Waals surface area (Å²) in [5.41, 5.74) is 3.67. The predicted octanol–water partition coefficient (Wildman–Crippen LogP) is 3.53. The second kappa shape index (κ2) is 9.18. The van der Waals surface area contributed by atoms with E-state index in [2.05, 4.69) is 26.3 Å². The van der Waals surface area contributed by atoms with E-state index >= 15 is 0 Å². The first-order valence-corrected chi connectivity index (χ1v) is 10.2. The third kappa shape index (κ3) is 5.01. The zero-order valence-electron chi connectivity index (χ0n) is 17.6. The van der Waals surface area contributed by atoms with Crippen molar-refractivity contribution in [2.24, 2.45) is 5.92 Å². The number of anilines is 1. The van der Waals surface area contributed by atoms with Gasteiger partial charge in [0.25, 0.3) is 0 Å². The summed E-state index contributed by atoms with van der Waals surface area (Å²) in [6.07, 6.45) is 3.57. The Morgan fingerprint density at radius 1 is 1.31 bits per heavy atom. The molecular formula is C23H30N4O2. The Labute approximate surface area is 172 Å². The number of allylic oxidation sites excluding steroid dienone is 1. The van der Waals surface area contributed by atoms with Gasteiger partial charge in [-0.15, -0.1) is 6.58 Å². The van der Waals surface area contributed by atoms with Crippen molar-refractivity contribution in [1.29, 1.82) is 0 Å². The number of likely N-dealkylation sites (tertiary alicyclic amines) is 1. The van der Waals surface area contributed by atoms with Gasteiger partial charge in [-0.1, -0.05) is 12.1 Å². The van der Waals surface area contributed by atoms with Gasteiger partial charge >= 0.3 is 0 Å². The molecule has 2 aromatic heterocycles. The molecule has 0 radical (unpaired) electrons. The van der Waals surface area contributed by atoms with Crippen molar-refractivity contribution in [2.75, 3.05) is 25.0 Å². The lowest BCUT2D eigenvalue weighted by atomic mass is 9.96. The van der Waals surface area contributed by atoms with E-state index in [-0.39, 0.29) is 17.6 Å². The van der Waals surface area contributed by atoms with Crippen molar-refractivity contribution < 1.29 is 9.59 Å². The van der Waals surface area contributed by atoms with Crippen LogP contribution in [0.1, 0.15) is 40.3 Å². The Balaban J connectivity index is 1.62. The van der Waals surface area contributed by atoms with Gasteiger partial charge in [-0.05, 0) is 58.4 Å². The largest absolute Gasteiger partial charge is 0.345 e. The van der Waals surface area contributed by atoms with E-state index in [9.17, 15) is 9.59 Å². The number of Topliss-reactive ketones (excluding diaryl/α,β-unsaturated/α-hetero) is 1. The van der Waals surface area contributed by atoms with Crippen molar-refractivity contribution in [3.63, 3.8) is 0 Å². The molecule has 1 aliphatic rings. The number of piperidine rings is 1. The summed E-state index contributed by atoms with van der Waals surface area (Å²) in [6, 6.07) is 7.54. The molecule has 1 fully saturated rings. The predicted molar refractivity (Wildman–Crippen MR) is 115 cm³/mol. The fraction of sp³-hybridized carbons (Fsp3) is 0.435. The Hall–Kier alpha value is -2.73. The van der Waals surface area contributed by atoms with Crippen LogP contribution in [0.4, 0.5) is 5.82 Å². The molecule has 1 atom stereocenters. The van der Waals surface area contributed by atoms with Crippen LogP contribution in [0.3, 0.4) is 0 Å². The average Bonchev–Trinajstić information content (AvgIpc) is 2.97. The fourth-order valence-corrected chi connectivity index (χ4v) is 4.04. The van der Waals surface area contributed by atoms with Crippen LogP contribution in [0.25, 0.3) is 0 Å². The van der Waals surface area contributed by atoms with Gasteiger partial charge in [-0.2, -0.15) is 0 Å². The first-order valence-electron chi connectivity index (χ1n) is 10.2. The lowest BCUT2D eigenvalue weighted by Crippen LogP contribution is -2.43. The Morgan fingerprint density at radius 2 is 2.10 bits per heavy atom. The monoisotopic (exact) mass is 394 g/mol. The highest BCUT2D eigenvalue weighted by molar-refractivity contribution is 5.99. The quantitative estimate of drug-likeness (QED) is 0.576. The van der Waals surface area contributed by atoms with Crippen LogP contribution in [0.5, 0.6) is 0 Å². The Kier molecular flexibility index (Phi) is 6.64. The lowest BCUT2D eigenvalue weighted by molar-refractivity contribution is -0.121. The number of ketones is 1. The van der Waals surface area contributed by atoms with Crippen molar-refractivity contribution in [3.8, 4) is 0 Å². The summed E-state index contributed by atoms with van der Waals surface area (Å²) < 4.78 is 2.10. The molecule has 1 aliphatic heterocycles. The maximum Gasteiger partial charge on any atom is 0.229 e. The summed E-state index contributed by atoms with van der Waals surface area (Å²) in [5, 5.41) is 2.92. The van der Waals surface area contributed by atoms with Gasteiger partial charge in [-0.3, -0.25) is 14.5 Å². The van der Waals surface area contributed by atoms with Crippen molar-refractivity contribution in [2.45, 2.75) is 40.2 Å². The smallest absolute Gasteiger partial charge is 0.229 e. The molecule has 154 valence electrons. The number of rotatable bonds is 7. The van der Waals surface area contributed by atoms with Gasteiger partial charge in [-0.25, -0.2) is 4.98 Å². The molecule has 29 heavy (non-hydrogen) atoms. The number of hydrogen-bond acceptors (Lipinski definition) is 4. The van der Waals surface area contributed by atoms with E-state index in [0.29, 0.717) is 25.5 Å². The van der Waals surface area contributed by atoms with E-state index in [1.54, 1.807) is 6.07 Å². The van der Waals surface area contributed by atoms with Crippen molar-refractivity contribution in [1.82, 2.24) is 14.5 Å². The van der Waals surface area contributed by atoms with Crippen LogP contribution in [0.15, 0.2) is 36.9 Å². The molecule has 0 saturated carbocycles. The third-order valence-electron chi connectivity index (χ3n) is 5.57. The summed E-state index contributed by atoms with van der Waals surface area (Å²) >= 11 is 0. The SMILES string of the molecule is C=CCn1c(C)cc(C(=O)CN2CCCC(C(=O)Nc3cccc(C)n3)C2)c1C. The lowest BCUT2D eigenvalue weighted by Gasteiger charge is -2.31. The van der Waals surface area contributed by atoms with E-state index in [1.807, 2.05) is 45.0 Å². The molecule has 0 aromatic carbocycles. The van der Waals surface area contributed by atoms with Gasteiger partial charge in [0, 0.05) is 35.7 Å². The van der Waals surface area contributed by atoms with Crippen LogP contribution in [-0.2, 0) is 11.3 Å². The summed E-state index contributed by atoms with van der Waals surface area (Å²) in [4.78, 5) is 32.0. The van der Waals surface area contributed by atoms with Gasteiger partial charge < -0.3 is 9.88 Å². The number of nitrogens with one attached hydrogen (secondary N) is 1. The number of nitrogens with zero attached hydrogens (tertiary/aromatic N) is 3. The highest BCUT2D eigenvalue weighted by Crippen LogP contribution is 2.21. The zero-order chi connectivity index (χ0) is 21.0. The fourth-order valence-electron chi connectivity index (χ4n) is 4.04. The van der Waals surface area contributed by atoms with Crippen LogP contribution in [-0.4, -0.2) is 45.8 Å². The summed E-state index contributed by atoms with van der Waals surface area (Å²) in [7, 11) is 0. The molecule has 0 spiro atoms. The molecule has 3 heterocycles. The van der Waals surface area contributed by atoms with E-state index in [0.717, 1.165) is 42.0 Å². The van der Waals surface area contributed by atoms with Gasteiger partial charge in [0.1, 0.15) is 5.82 Å². The van der Waals surface area contributed by atoms with Crippen molar-refractivity contribution >= 4 is 17.5 Å². The number of carbonyl (C=O) groups is 2. The number of aromatic nitrogens is 2. The second-order valence-corrected chi connectivity index (χ2v) is 7.83. The topological polar surface area (TPSA) is 67.2 Å². The molecule has 1 saturated heterocycles. The molecule has 3 rings (SSSR count). The highest BCUT2D eigenvalue weighted by atomic mass is 16.2. The molecule has 1 unspecified atom stereocenters. The Bertz CT molecular complexity index is 916. The summed E-state index contributed by atoms with van der Waals surface area (Å²) in [5.74, 6) is 0.532. The first-order chi connectivity index (χ1) is 13.9. The molecule has 2 aromatic rings. The van der Waals surface area contributed by atoms with Crippen LogP contribution in [0, 0.1) is 26.7 Å². The zero-order valence-corrected chi connectivity index (χ0v) is 17.6. The number of hydrogen-bond donors (Lipinski definition) is 1. The number of aryl methyl sites for hydroxylation is 2. The van der Waals surface area contributed by atoms with Gasteiger partial charge in [0.05, 0.1) is 12.5 Å².